The number of benzene rings is 1. The first-order valence-corrected chi connectivity index (χ1v) is 11.1. The van der Waals surface area contributed by atoms with E-state index in [-0.39, 0.29) is 18.6 Å². The first-order valence-electron chi connectivity index (χ1n) is 11.1. The molecular formula is C25H36N4O6. The molecule has 10 heteroatoms. The Labute approximate surface area is 206 Å². The minimum absolute atomic E-state index is 0.00763. The Morgan fingerprint density at radius 2 is 1.77 bits per heavy atom. The molecule has 0 aliphatic carbocycles. The number of rotatable bonds is 8. The zero-order valence-electron chi connectivity index (χ0n) is 21.4. The quantitative estimate of drug-likeness (QED) is 0.325. The molecule has 192 valence electrons. The average molecular weight is 489 g/mol. The number of terminal acetylenes is 1. The highest BCUT2D eigenvalue weighted by Crippen LogP contribution is 2.27. The number of nitrogens with one attached hydrogen (secondary N) is 2. The lowest BCUT2D eigenvalue weighted by molar-refractivity contribution is -0.139. The van der Waals surface area contributed by atoms with Crippen molar-refractivity contribution in [1.29, 1.82) is 0 Å². The van der Waals surface area contributed by atoms with Crippen molar-refractivity contribution in [2.75, 3.05) is 0 Å². The topological polar surface area (TPSA) is 151 Å². The zero-order chi connectivity index (χ0) is 27.1. The second-order valence-corrected chi connectivity index (χ2v) is 10.2. The summed E-state index contributed by atoms with van der Waals surface area (Å²) in [6.45, 7) is 11.9. The average Bonchev–Trinajstić information content (AvgIpc) is 2.68. The third-order valence-corrected chi connectivity index (χ3v) is 4.59. The van der Waals surface area contributed by atoms with Crippen molar-refractivity contribution in [2.24, 2.45) is 5.73 Å². The zero-order valence-corrected chi connectivity index (χ0v) is 21.4. The Bertz CT molecular complexity index is 1000. The predicted molar refractivity (Wildman–Crippen MR) is 131 cm³/mol. The van der Waals surface area contributed by atoms with E-state index >= 15 is 0 Å². The number of hydrogen-bond donors (Lipinski definition) is 4. The third-order valence-electron chi connectivity index (χ3n) is 4.59. The van der Waals surface area contributed by atoms with Crippen LogP contribution in [0.4, 0.5) is 4.79 Å². The standard InChI is InChI=1S/C25H36N4O6/c1-9-29(22(33)17(11-13-19(26)31)27-23(34)35-25(6,7)8)20(21(32)28-24(3,4)5)16-10-12-18(30)15(2)14-16/h1,10,12,14,17,20,30H,11,13H2,2-8H3,(H2,26,31)(H,27,34)(H,28,32). The number of nitrogens with zero attached hydrogens (tertiary/aromatic N) is 1. The molecule has 0 saturated carbocycles. The molecule has 35 heavy (non-hydrogen) atoms. The van der Waals surface area contributed by atoms with E-state index in [1.807, 2.05) is 0 Å². The molecule has 5 N–H and O–H groups in total. The van der Waals surface area contributed by atoms with Crippen molar-refractivity contribution in [3.8, 4) is 18.2 Å². The monoisotopic (exact) mass is 488 g/mol. The number of alkyl carbamates (subject to hydrolysis) is 1. The lowest BCUT2D eigenvalue weighted by Gasteiger charge is -2.32. The van der Waals surface area contributed by atoms with Crippen molar-refractivity contribution in [2.45, 2.75) is 84.5 Å². The summed E-state index contributed by atoms with van der Waals surface area (Å²) < 4.78 is 5.23. The highest BCUT2D eigenvalue weighted by Gasteiger charge is 2.37. The van der Waals surface area contributed by atoms with Gasteiger partial charge in [0.25, 0.3) is 5.91 Å². The molecule has 0 aliphatic rings. The van der Waals surface area contributed by atoms with Crippen LogP contribution in [0.25, 0.3) is 0 Å². The van der Waals surface area contributed by atoms with Gasteiger partial charge in [-0.1, -0.05) is 12.5 Å². The van der Waals surface area contributed by atoms with Gasteiger partial charge in [0.05, 0.1) is 0 Å². The number of aromatic hydroxyl groups is 1. The molecule has 0 bridgehead atoms. The molecule has 0 spiro atoms. The Balaban J connectivity index is 3.47. The Kier molecular flexibility index (Phi) is 9.71. The number of aryl methyl sites for hydroxylation is 1. The van der Waals surface area contributed by atoms with Crippen LogP contribution in [0, 0.1) is 19.4 Å². The van der Waals surface area contributed by atoms with Crippen LogP contribution in [0.2, 0.25) is 0 Å². The molecule has 0 heterocycles. The lowest BCUT2D eigenvalue weighted by atomic mass is 9.98. The van der Waals surface area contributed by atoms with Crippen molar-refractivity contribution >= 4 is 23.8 Å². The summed E-state index contributed by atoms with van der Waals surface area (Å²) in [5.41, 5.74) is 4.57. The highest BCUT2D eigenvalue weighted by molar-refractivity contribution is 5.93. The van der Waals surface area contributed by atoms with Crippen LogP contribution < -0.4 is 16.4 Å². The molecule has 10 nitrogen and oxygen atoms in total. The van der Waals surface area contributed by atoms with Gasteiger partial charge in [0.2, 0.25) is 11.8 Å². The molecule has 2 unspecified atom stereocenters. The molecule has 1 aromatic rings. The molecule has 0 fully saturated rings. The van der Waals surface area contributed by atoms with E-state index < -0.39 is 47.0 Å². The van der Waals surface area contributed by atoms with Crippen LogP contribution in [-0.2, 0) is 19.1 Å². The van der Waals surface area contributed by atoms with E-state index in [1.54, 1.807) is 54.5 Å². The summed E-state index contributed by atoms with van der Waals surface area (Å²) in [5.74, 6) is -2.05. The first-order chi connectivity index (χ1) is 15.9. The van der Waals surface area contributed by atoms with Crippen LogP contribution in [0.1, 0.15) is 71.6 Å². The normalized spacial score (nSPS) is 13.1. The first kappa shape index (κ1) is 29.3. The fraction of sp³-hybridized carbons (Fsp3) is 0.520. The highest BCUT2D eigenvalue weighted by atomic mass is 16.6. The fourth-order valence-corrected chi connectivity index (χ4v) is 3.13. The van der Waals surface area contributed by atoms with Crippen molar-refractivity contribution in [1.82, 2.24) is 15.5 Å². The Morgan fingerprint density at radius 3 is 2.23 bits per heavy atom. The van der Waals surface area contributed by atoms with Gasteiger partial charge in [-0.05, 0) is 78.1 Å². The molecule has 0 radical (unpaired) electrons. The number of amides is 4. The second-order valence-electron chi connectivity index (χ2n) is 10.2. The number of ether oxygens (including phenoxy) is 1. The van der Waals surface area contributed by atoms with Crippen molar-refractivity contribution in [3.05, 3.63) is 29.3 Å². The molecule has 1 rings (SSSR count). The summed E-state index contributed by atoms with van der Waals surface area (Å²) in [5, 5.41) is 15.2. The third kappa shape index (κ3) is 9.57. The van der Waals surface area contributed by atoms with Gasteiger partial charge >= 0.3 is 6.09 Å². The van der Waals surface area contributed by atoms with E-state index in [1.165, 1.54) is 12.1 Å². The van der Waals surface area contributed by atoms with Crippen LogP contribution in [0.3, 0.4) is 0 Å². The van der Waals surface area contributed by atoms with E-state index in [9.17, 15) is 24.3 Å². The van der Waals surface area contributed by atoms with Crippen LogP contribution in [0.5, 0.6) is 5.75 Å². The van der Waals surface area contributed by atoms with Gasteiger partial charge in [0.15, 0.2) is 0 Å². The number of phenols is 1. The Hall–Kier alpha value is -3.74. The van der Waals surface area contributed by atoms with Gasteiger partial charge in [-0.25, -0.2) is 4.79 Å². The maximum atomic E-state index is 13.6. The van der Waals surface area contributed by atoms with Gasteiger partial charge < -0.3 is 26.2 Å². The smallest absolute Gasteiger partial charge is 0.408 e. The number of hydrogen-bond acceptors (Lipinski definition) is 6. The molecule has 4 amide bonds. The summed E-state index contributed by atoms with van der Waals surface area (Å²) in [6.07, 6.45) is 4.42. The van der Waals surface area contributed by atoms with Crippen LogP contribution in [0.15, 0.2) is 18.2 Å². The van der Waals surface area contributed by atoms with E-state index in [2.05, 4.69) is 16.7 Å². The summed E-state index contributed by atoms with van der Waals surface area (Å²) in [4.78, 5) is 51.5. The van der Waals surface area contributed by atoms with Gasteiger partial charge in [-0.3, -0.25) is 19.3 Å². The number of carbonyl (C=O) groups is 4. The molecule has 1 aromatic carbocycles. The van der Waals surface area contributed by atoms with E-state index in [0.717, 1.165) is 4.90 Å². The van der Waals surface area contributed by atoms with Gasteiger partial charge in [0, 0.05) is 18.0 Å². The van der Waals surface area contributed by atoms with Crippen LogP contribution in [-0.4, -0.2) is 51.0 Å². The SMILES string of the molecule is C#CN(C(=O)C(CCC(N)=O)NC(=O)OC(C)(C)C)C(C(=O)NC(C)(C)C)c1ccc(O)c(C)c1. The van der Waals surface area contributed by atoms with Crippen molar-refractivity contribution < 1.29 is 29.0 Å². The molecule has 0 aromatic heterocycles. The number of phenolic OH excluding ortho intramolecular Hbond substituents is 1. The number of nitrogens with two attached hydrogens (primary N) is 1. The second kappa shape index (κ2) is 11.6. The Morgan fingerprint density at radius 1 is 1.17 bits per heavy atom. The maximum Gasteiger partial charge on any atom is 0.408 e. The molecule has 0 aliphatic heterocycles. The molecular weight excluding hydrogens is 452 g/mol. The summed E-state index contributed by atoms with van der Waals surface area (Å²) in [6, 6.07) is 4.07. The minimum Gasteiger partial charge on any atom is -0.508 e. The number of carbonyl (C=O) groups excluding carboxylic acids is 4. The maximum absolute atomic E-state index is 13.6. The van der Waals surface area contributed by atoms with Gasteiger partial charge in [-0.2, -0.15) is 0 Å². The molecule has 2 atom stereocenters. The number of primary amides is 1. The van der Waals surface area contributed by atoms with Gasteiger partial charge in [0.1, 0.15) is 23.4 Å². The largest absolute Gasteiger partial charge is 0.508 e. The summed E-state index contributed by atoms with van der Waals surface area (Å²) >= 11 is 0. The van der Waals surface area contributed by atoms with Crippen LogP contribution >= 0.6 is 0 Å². The fourth-order valence-electron chi connectivity index (χ4n) is 3.13. The molecule has 0 saturated heterocycles. The van der Waals surface area contributed by atoms with E-state index in [0.29, 0.717) is 11.1 Å². The van der Waals surface area contributed by atoms with Crippen molar-refractivity contribution in [3.63, 3.8) is 0 Å². The summed E-state index contributed by atoms with van der Waals surface area (Å²) in [7, 11) is 0. The predicted octanol–water partition coefficient (Wildman–Crippen LogP) is 2.23. The van der Waals surface area contributed by atoms with E-state index in [4.69, 9.17) is 16.9 Å². The van der Waals surface area contributed by atoms with Gasteiger partial charge in [-0.15, -0.1) is 0 Å². The lowest BCUT2D eigenvalue weighted by Crippen LogP contribution is -2.53. The minimum atomic E-state index is -1.29.